The molecule has 1 aliphatic carbocycles. The Hall–Kier alpha value is -0.350. The highest BCUT2D eigenvalue weighted by Crippen LogP contribution is 2.35. The maximum atomic E-state index is 6.10. The standard InChI is InChI=1S/C15H18ClNS2/c1-10-4-5-11(9-10)17-15(12-3-2-8-18-12)13-6-7-14(16)19-13/h2-3,6-8,10-11,15,17H,4-5,9H2,1H3. The fourth-order valence-electron chi connectivity index (χ4n) is 2.84. The fraction of sp³-hybridized carbons (Fsp3) is 0.467. The van der Waals surface area contributed by atoms with Crippen molar-refractivity contribution < 1.29 is 0 Å². The van der Waals surface area contributed by atoms with Gasteiger partial charge >= 0.3 is 0 Å². The molecule has 0 saturated heterocycles. The SMILES string of the molecule is CC1CCC(NC(c2cccs2)c2ccc(Cl)s2)C1. The molecule has 2 aromatic heterocycles. The Balaban J connectivity index is 1.81. The lowest BCUT2D eigenvalue weighted by Crippen LogP contribution is -2.30. The van der Waals surface area contributed by atoms with Gasteiger partial charge in [0.1, 0.15) is 0 Å². The molecular formula is C15H18ClNS2. The van der Waals surface area contributed by atoms with Gasteiger partial charge in [0.05, 0.1) is 10.4 Å². The third-order valence-corrected chi connectivity index (χ3v) is 6.04. The zero-order valence-corrected chi connectivity index (χ0v) is 13.3. The van der Waals surface area contributed by atoms with Crippen molar-refractivity contribution in [1.29, 1.82) is 0 Å². The second-order valence-electron chi connectivity index (χ2n) is 5.37. The molecule has 0 spiro atoms. The summed E-state index contributed by atoms with van der Waals surface area (Å²) < 4.78 is 0.873. The van der Waals surface area contributed by atoms with Crippen LogP contribution >= 0.6 is 34.3 Å². The van der Waals surface area contributed by atoms with E-state index in [-0.39, 0.29) is 0 Å². The fourth-order valence-corrected chi connectivity index (χ4v) is 4.86. The molecular weight excluding hydrogens is 294 g/mol. The van der Waals surface area contributed by atoms with E-state index in [0.29, 0.717) is 12.1 Å². The Morgan fingerprint density at radius 3 is 2.74 bits per heavy atom. The number of nitrogens with one attached hydrogen (secondary N) is 1. The van der Waals surface area contributed by atoms with Crippen LogP contribution in [0.5, 0.6) is 0 Å². The summed E-state index contributed by atoms with van der Waals surface area (Å²) >= 11 is 9.61. The zero-order valence-electron chi connectivity index (χ0n) is 10.9. The minimum Gasteiger partial charge on any atom is -0.302 e. The van der Waals surface area contributed by atoms with Crippen LogP contribution < -0.4 is 5.32 Å². The van der Waals surface area contributed by atoms with E-state index >= 15 is 0 Å². The Kier molecular flexibility index (Phi) is 4.27. The molecule has 1 saturated carbocycles. The van der Waals surface area contributed by atoms with Crippen molar-refractivity contribution in [3.05, 3.63) is 43.7 Å². The Bertz CT molecular complexity index is 520. The van der Waals surface area contributed by atoms with E-state index in [1.54, 1.807) is 11.3 Å². The lowest BCUT2D eigenvalue weighted by atomic mass is 10.1. The van der Waals surface area contributed by atoms with Gasteiger partial charge in [-0.25, -0.2) is 0 Å². The van der Waals surface area contributed by atoms with Crippen molar-refractivity contribution in [2.24, 2.45) is 5.92 Å². The monoisotopic (exact) mass is 311 g/mol. The molecule has 3 rings (SSSR count). The van der Waals surface area contributed by atoms with Crippen LogP contribution in [-0.4, -0.2) is 6.04 Å². The second kappa shape index (κ2) is 5.96. The van der Waals surface area contributed by atoms with Crippen LogP contribution in [0.25, 0.3) is 0 Å². The molecule has 0 radical (unpaired) electrons. The van der Waals surface area contributed by atoms with Gasteiger partial charge < -0.3 is 5.32 Å². The molecule has 0 amide bonds. The molecule has 1 nitrogen and oxygen atoms in total. The smallest absolute Gasteiger partial charge is 0.0931 e. The molecule has 0 aromatic carbocycles. The zero-order chi connectivity index (χ0) is 13.2. The summed E-state index contributed by atoms with van der Waals surface area (Å²) in [6, 6.07) is 9.45. The van der Waals surface area contributed by atoms with Gasteiger partial charge in [-0.1, -0.05) is 24.6 Å². The lowest BCUT2D eigenvalue weighted by Gasteiger charge is -2.21. The summed E-state index contributed by atoms with van der Waals surface area (Å²) in [5.41, 5.74) is 0. The van der Waals surface area contributed by atoms with Gasteiger partial charge in [-0.3, -0.25) is 0 Å². The van der Waals surface area contributed by atoms with Crippen LogP contribution in [-0.2, 0) is 0 Å². The predicted octanol–water partition coefficient (Wildman–Crippen LogP) is 5.33. The molecule has 2 heterocycles. The minimum atomic E-state index is 0.313. The molecule has 3 unspecified atom stereocenters. The molecule has 0 aliphatic heterocycles. The van der Waals surface area contributed by atoms with Gasteiger partial charge in [0.2, 0.25) is 0 Å². The quantitative estimate of drug-likeness (QED) is 0.804. The lowest BCUT2D eigenvalue weighted by molar-refractivity contribution is 0.471. The maximum Gasteiger partial charge on any atom is 0.0931 e. The van der Waals surface area contributed by atoms with Crippen LogP contribution in [0.2, 0.25) is 4.34 Å². The van der Waals surface area contributed by atoms with E-state index in [4.69, 9.17) is 11.6 Å². The Labute approximate surface area is 127 Å². The molecule has 19 heavy (non-hydrogen) atoms. The largest absolute Gasteiger partial charge is 0.302 e. The summed E-state index contributed by atoms with van der Waals surface area (Å²) in [6.45, 7) is 2.35. The van der Waals surface area contributed by atoms with E-state index in [9.17, 15) is 0 Å². The van der Waals surface area contributed by atoms with E-state index in [2.05, 4.69) is 35.8 Å². The minimum absolute atomic E-state index is 0.313. The van der Waals surface area contributed by atoms with Gasteiger partial charge in [0.15, 0.2) is 0 Å². The highest BCUT2D eigenvalue weighted by atomic mass is 35.5. The average molecular weight is 312 g/mol. The first-order valence-corrected chi connectivity index (χ1v) is 8.84. The summed E-state index contributed by atoms with van der Waals surface area (Å²) in [4.78, 5) is 2.71. The van der Waals surface area contributed by atoms with Gasteiger partial charge in [0, 0.05) is 15.8 Å². The van der Waals surface area contributed by atoms with E-state index in [1.807, 2.05) is 17.4 Å². The van der Waals surface area contributed by atoms with E-state index in [1.165, 1.54) is 29.0 Å². The number of hydrogen-bond donors (Lipinski definition) is 1. The van der Waals surface area contributed by atoms with Crippen molar-refractivity contribution in [2.75, 3.05) is 0 Å². The number of halogens is 1. The molecule has 1 fully saturated rings. The van der Waals surface area contributed by atoms with Gasteiger partial charge in [0.25, 0.3) is 0 Å². The second-order valence-corrected chi connectivity index (χ2v) is 8.10. The summed E-state index contributed by atoms with van der Waals surface area (Å²) in [5, 5.41) is 5.99. The van der Waals surface area contributed by atoms with Crippen LogP contribution in [0.1, 0.15) is 42.0 Å². The van der Waals surface area contributed by atoms with Crippen LogP contribution in [0.4, 0.5) is 0 Å². The first-order chi connectivity index (χ1) is 9.22. The van der Waals surface area contributed by atoms with Gasteiger partial charge in [-0.15, -0.1) is 22.7 Å². The number of hydrogen-bond acceptors (Lipinski definition) is 3. The molecule has 2 aromatic rings. The maximum absolute atomic E-state index is 6.10. The first kappa shape index (κ1) is 13.6. The highest BCUT2D eigenvalue weighted by Gasteiger charge is 2.26. The molecule has 1 aliphatic rings. The molecule has 3 atom stereocenters. The van der Waals surface area contributed by atoms with Gasteiger partial charge in [-0.05, 0) is 48.8 Å². The van der Waals surface area contributed by atoms with Crippen LogP contribution in [0.15, 0.2) is 29.6 Å². The van der Waals surface area contributed by atoms with Crippen LogP contribution in [0.3, 0.4) is 0 Å². The predicted molar refractivity (Wildman–Crippen MR) is 85.4 cm³/mol. The Morgan fingerprint density at radius 1 is 1.26 bits per heavy atom. The molecule has 102 valence electrons. The first-order valence-electron chi connectivity index (χ1n) is 6.77. The summed E-state index contributed by atoms with van der Waals surface area (Å²) in [6.07, 6.45) is 3.93. The van der Waals surface area contributed by atoms with Crippen molar-refractivity contribution in [3.63, 3.8) is 0 Å². The third kappa shape index (κ3) is 3.22. The Morgan fingerprint density at radius 2 is 2.16 bits per heavy atom. The summed E-state index contributed by atoms with van der Waals surface area (Å²) in [5.74, 6) is 0.855. The third-order valence-electron chi connectivity index (χ3n) is 3.80. The van der Waals surface area contributed by atoms with Crippen molar-refractivity contribution in [3.8, 4) is 0 Å². The van der Waals surface area contributed by atoms with Crippen LogP contribution in [0, 0.1) is 5.92 Å². The topological polar surface area (TPSA) is 12.0 Å². The highest BCUT2D eigenvalue weighted by molar-refractivity contribution is 7.16. The average Bonchev–Trinajstić information content (AvgIpc) is 3.08. The molecule has 1 N–H and O–H groups in total. The van der Waals surface area contributed by atoms with Crippen molar-refractivity contribution in [1.82, 2.24) is 5.32 Å². The van der Waals surface area contributed by atoms with Gasteiger partial charge in [-0.2, -0.15) is 0 Å². The molecule has 4 heteroatoms. The van der Waals surface area contributed by atoms with E-state index in [0.717, 1.165) is 10.3 Å². The van der Waals surface area contributed by atoms with E-state index < -0.39 is 0 Å². The van der Waals surface area contributed by atoms with Crippen molar-refractivity contribution >= 4 is 34.3 Å². The number of rotatable bonds is 4. The normalized spacial score (nSPS) is 24.7. The number of thiophene rings is 2. The van der Waals surface area contributed by atoms with Crippen molar-refractivity contribution in [2.45, 2.75) is 38.3 Å². The summed E-state index contributed by atoms with van der Waals surface area (Å²) in [7, 11) is 0. The molecule has 0 bridgehead atoms.